The summed E-state index contributed by atoms with van der Waals surface area (Å²) in [6.07, 6.45) is 0. The number of imidazole rings is 1. The summed E-state index contributed by atoms with van der Waals surface area (Å²) in [7, 11) is -2.71. The predicted octanol–water partition coefficient (Wildman–Crippen LogP) is 2.88. The Labute approximate surface area is 145 Å². The van der Waals surface area contributed by atoms with Gasteiger partial charge in [0.05, 0.1) is 18.1 Å². The summed E-state index contributed by atoms with van der Waals surface area (Å²) in [5, 5.41) is 0. The molecule has 124 valence electrons. The molecule has 0 aliphatic rings. The summed E-state index contributed by atoms with van der Waals surface area (Å²) in [4.78, 5) is 18.3. The number of esters is 1. The van der Waals surface area contributed by atoms with Crippen molar-refractivity contribution in [2.45, 2.75) is 4.90 Å². The molecule has 2 aromatic carbocycles. The molecule has 0 spiro atoms. The fraction of sp³-hybridized carbons (Fsp3) is 0.0667. The van der Waals surface area contributed by atoms with Gasteiger partial charge in [-0.25, -0.2) is 9.78 Å². The largest absolute Gasteiger partial charge is 0.463 e. The molecule has 9 heteroatoms. The summed E-state index contributed by atoms with van der Waals surface area (Å²) in [6.45, 7) is 0. The van der Waals surface area contributed by atoms with Crippen molar-refractivity contribution >= 4 is 43.1 Å². The van der Waals surface area contributed by atoms with Gasteiger partial charge in [-0.2, -0.15) is 8.42 Å². The third-order valence-corrected chi connectivity index (χ3v) is 4.93. The predicted molar refractivity (Wildman–Crippen MR) is 89.4 cm³/mol. The number of halogens is 1. The monoisotopic (exact) mass is 410 g/mol. The van der Waals surface area contributed by atoms with Gasteiger partial charge in [-0.3, -0.25) is 0 Å². The quantitative estimate of drug-likeness (QED) is 0.524. The fourth-order valence-electron chi connectivity index (χ4n) is 2.01. The Bertz CT molecular complexity index is 1010. The zero-order chi connectivity index (χ0) is 17.3. The van der Waals surface area contributed by atoms with E-state index in [0.29, 0.717) is 11.0 Å². The second-order valence-corrected chi connectivity index (χ2v) is 7.21. The number of ether oxygens (including phenoxy) is 1. The normalized spacial score (nSPS) is 11.4. The molecule has 0 saturated carbocycles. The zero-order valence-electron chi connectivity index (χ0n) is 12.3. The molecule has 1 heterocycles. The van der Waals surface area contributed by atoms with Gasteiger partial charge in [-0.15, -0.1) is 0 Å². The number of H-pyrrole nitrogens is 1. The van der Waals surface area contributed by atoms with Crippen LogP contribution >= 0.6 is 15.9 Å². The van der Waals surface area contributed by atoms with Crippen LogP contribution < -0.4 is 4.18 Å². The van der Waals surface area contributed by atoms with Crippen molar-refractivity contribution in [2.75, 3.05) is 7.11 Å². The lowest BCUT2D eigenvalue weighted by atomic mass is 10.3. The molecule has 24 heavy (non-hydrogen) atoms. The number of nitrogens with zero attached hydrogens (tertiary/aromatic N) is 1. The molecule has 1 N–H and O–H groups in total. The average Bonchev–Trinajstić information content (AvgIpc) is 2.97. The summed E-state index contributed by atoms with van der Waals surface area (Å²) in [5.74, 6) is -0.484. The Morgan fingerprint density at radius 1 is 1.17 bits per heavy atom. The maximum atomic E-state index is 12.3. The van der Waals surface area contributed by atoms with E-state index >= 15 is 0 Å². The molecule has 0 saturated heterocycles. The number of aromatic nitrogens is 2. The summed E-state index contributed by atoms with van der Waals surface area (Å²) < 4.78 is 35.0. The number of nitrogens with one attached hydrogen (secondary N) is 1. The lowest BCUT2D eigenvalue weighted by Crippen LogP contribution is -2.09. The van der Waals surface area contributed by atoms with E-state index in [4.69, 9.17) is 4.18 Å². The van der Waals surface area contributed by atoms with Crippen LogP contribution in [0.2, 0.25) is 0 Å². The standard InChI is InChI=1S/C15H11BrN2O5S/c1-22-15(19)14-17-12-7-4-10(8-13(12)18-14)23-24(20,21)11-5-2-9(16)3-6-11/h2-8H,1H3,(H,17,18). The number of hydrogen-bond acceptors (Lipinski definition) is 6. The topological polar surface area (TPSA) is 98.3 Å². The minimum absolute atomic E-state index is 0.0282. The van der Waals surface area contributed by atoms with E-state index in [9.17, 15) is 13.2 Å². The summed E-state index contributed by atoms with van der Waals surface area (Å²) in [6, 6.07) is 10.5. The first-order valence-electron chi connectivity index (χ1n) is 6.67. The van der Waals surface area contributed by atoms with Crippen LogP contribution in [0, 0.1) is 0 Å². The molecule has 1 aromatic heterocycles. The third-order valence-electron chi connectivity index (χ3n) is 3.14. The summed E-state index contributed by atoms with van der Waals surface area (Å²) >= 11 is 3.24. The number of methoxy groups -OCH3 is 1. The molecule has 7 nitrogen and oxygen atoms in total. The molecule has 0 fully saturated rings. The number of rotatable bonds is 4. The SMILES string of the molecule is COC(=O)c1nc2ccc(OS(=O)(=O)c3ccc(Br)cc3)cc2[nH]1. The van der Waals surface area contributed by atoms with Crippen LogP contribution in [0.3, 0.4) is 0 Å². The van der Waals surface area contributed by atoms with Crippen molar-refractivity contribution < 1.29 is 22.1 Å². The van der Waals surface area contributed by atoms with Gasteiger partial charge in [0.2, 0.25) is 5.82 Å². The molecule has 0 radical (unpaired) electrons. The minimum Gasteiger partial charge on any atom is -0.463 e. The zero-order valence-corrected chi connectivity index (χ0v) is 14.7. The van der Waals surface area contributed by atoms with Crippen LogP contribution in [0.1, 0.15) is 10.6 Å². The van der Waals surface area contributed by atoms with Gasteiger partial charge in [0.25, 0.3) is 0 Å². The van der Waals surface area contributed by atoms with Gasteiger partial charge < -0.3 is 13.9 Å². The Morgan fingerprint density at radius 2 is 1.88 bits per heavy atom. The lowest BCUT2D eigenvalue weighted by Gasteiger charge is -2.07. The Kier molecular flexibility index (Phi) is 4.29. The van der Waals surface area contributed by atoms with E-state index in [0.717, 1.165) is 4.47 Å². The van der Waals surface area contributed by atoms with E-state index in [1.54, 1.807) is 18.2 Å². The van der Waals surface area contributed by atoms with Crippen LogP contribution in [-0.2, 0) is 14.9 Å². The molecule has 0 unspecified atom stereocenters. The second-order valence-electron chi connectivity index (χ2n) is 4.75. The van der Waals surface area contributed by atoms with Crippen molar-refractivity contribution in [1.29, 1.82) is 0 Å². The maximum absolute atomic E-state index is 12.3. The molecule has 0 aliphatic carbocycles. The Balaban J connectivity index is 1.92. The molecule has 0 atom stereocenters. The van der Waals surface area contributed by atoms with Gasteiger partial charge in [-0.05, 0) is 36.4 Å². The van der Waals surface area contributed by atoms with Crippen molar-refractivity contribution in [2.24, 2.45) is 0 Å². The van der Waals surface area contributed by atoms with Gasteiger partial charge in [0.1, 0.15) is 10.6 Å². The summed E-state index contributed by atoms with van der Waals surface area (Å²) in [5.41, 5.74) is 0.947. The van der Waals surface area contributed by atoms with E-state index in [1.807, 2.05) is 0 Å². The number of benzene rings is 2. The third kappa shape index (κ3) is 3.26. The number of fused-ring (bicyclic) bond motifs is 1. The van der Waals surface area contributed by atoms with Gasteiger partial charge in [0.15, 0.2) is 0 Å². The molecule has 0 bridgehead atoms. The second kappa shape index (κ2) is 6.25. The number of hydrogen-bond donors (Lipinski definition) is 1. The van der Waals surface area contributed by atoms with Crippen molar-refractivity contribution in [1.82, 2.24) is 9.97 Å². The number of carbonyl (C=O) groups is 1. The van der Waals surface area contributed by atoms with Crippen LogP contribution in [0.25, 0.3) is 11.0 Å². The first-order chi connectivity index (χ1) is 11.4. The smallest absolute Gasteiger partial charge is 0.374 e. The highest BCUT2D eigenvalue weighted by molar-refractivity contribution is 9.10. The molecule has 0 aliphatic heterocycles. The van der Waals surface area contributed by atoms with Crippen molar-refractivity contribution in [3.63, 3.8) is 0 Å². The van der Waals surface area contributed by atoms with Crippen molar-refractivity contribution in [3.05, 3.63) is 52.8 Å². The van der Waals surface area contributed by atoms with E-state index in [-0.39, 0.29) is 16.5 Å². The van der Waals surface area contributed by atoms with Crippen molar-refractivity contribution in [3.8, 4) is 5.75 Å². The fourth-order valence-corrected chi connectivity index (χ4v) is 3.20. The molecular weight excluding hydrogens is 400 g/mol. The van der Waals surface area contributed by atoms with E-state index in [2.05, 4.69) is 30.6 Å². The lowest BCUT2D eigenvalue weighted by molar-refractivity contribution is 0.0588. The molecule has 0 amide bonds. The highest BCUT2D eigenvalue weighted by atomic mass is 79.9. The molecule has 3 aromatic rings. The highest BCUT2D eigenvalue weighted by Gasteiger charge is 2.18. The Morgan fingerprint density at radius 3 is 2.54 bits per heavy atom. The van der Waals surface area contributed by atoms with Crippen LogP contribution in [0.15, 0.2) is 51.8 Å². The highest BCUT2D eigenvalue weighted by Crippen LogP contribution is 2.24. The average molecular weight is 411 g/mol. The van der Waals surface area contributed by atoms with E-state index < -0.39 is 16.1 Å². The Hall–Kier alpha value is -2.39. The van der Waals surface area contributed by atoms with E-state index in [1.165, 1.54) is 31.4 Å². The van der Waals surface area contributed by atoms with Gasteiger partial charge >= 0.3 is 16.1 Å². The number of carbonyl (C=O) groups excluding carboxylic acids is 1. The first kappa shape index (κ1) is 16.5. The molecule has 3 rings (SSSR count). The van der Waals surface area contributed by atoms with Crippen LogP contribution in [0.5, 0.6) is 5.75 Å². The molecular formula is C15H11BrN2O5S. The van der Waals surface area contributed by atoms with Crippen LogP contribution in [0.4, 0.5) is 0 Å². The maximum Gasteiger partial charge on any atom is 0.374 e. The van der Waals surface area contributed by atoms with Gasteiger partial charge in [-0.1, -0.05) is 15.9 Å². The number of aromatic amines is 1. The first-order valence-corrected chi connectivity index (χ1v) is 8.87. The van der Waals surface area contributed by atoms with Gasteiger partial charge in [0, 0.05) is 10.5 Å². The minimum atomic E-state index is -3.96. The van der Waals surface area contributed by atoms with Crippen LogP contribution in [-0.4, -0.2) is 31.5 Å².